The monoisotopic (exact) mass is 304 g/mol. The number of carbonyl (C=O) groups is 1. The number of hydrogen-bond donors (Lipinski definition) is 1. The molecule has 3 unspecified atom stereocenters. The minimum Gasteiger partial charge on any atom is -0.372 e. The molecular weight excluding hydrogens is 280 g/mol. The Morgan fingerprint density at radius 2 is 2.09 bits per heavy atom. The van der Waals surface area contributed by atoms with E-state index in [0.29, 0.717) is 0 Å². The van der Waals surface area contributed by atoms with E-state index in [1.165, 1.54) is 0 Å². The van der Waals surface area contributed by atoms with Gasteiger partial charge in [-0.15, -0.1) is 0 Å². The molecule has 6 heteroatoms. The Hall–Kier alpha value is -1.69. The first-order valence-corrected chi connectivity index (χ1v) is 8.06. The molecule has 3 rings (SSSR count). The molecule has 0 saturated carbocycles. The van der Waals surface area contributed by atoms with Gasteiger partial charge >= 0.3 is 0 Å². The molecule has 3 atom stereocenters. The van der Waals surface area contributed by atoms with Crippen molar-refractivity contribution < 1.29 is 9.53 Å². The van der Waals surface area contributed by atoms with E-state index in [0.717, 1.165) is 49.6 Å². The molecule has 1 aromatic heterocycles. The van der Waals surface area contributed by atoms with Crippen LogP contribution in [0.1, 0.15) is 50.9 Å². The number of ether oxygens (including phenoxy) is 1. The minimum atomic E-state index is -0.00208. The van der Waals surface area contributed by atoms with Crippen LogP contribution in [0.15, 0.2) is 6.20 Å². The van der Waals surface area contributed by atoms with E-state index in [1.807, 2.05) is 6.20 Å². The van der Waals surface area contributed by atoms with Gasteiger partial charge in [-0.3, -0.25) is 4.79 Å². The van der Waals surface area contributed by atoms with Crippen molar-refractivity contribution in [2.75, 3.05) is 18.0 Å². The molecule has 1 saturated heterocycles. The predicted molar refractivity (Wildman–Crippen MR) is 83.7 cm³/mol. The maximum atomic E-state index is 11.3. The highest BCUT2D eigenvalue weighted by molar-refractivity contribution is 5.73. The molecule has 1 N–H and O–H groups in total. The van der Waals surface area contributed by atoms with Crippen LogP contribution in [0.4, 0.5) is 5.95 Å². The van der Waals surface area contributed by atoms with Crippen LogP contribution in [0.3, 0.4) is 0 Å². The maximum absolute atomic E-state index is 11.3. The van der Waals surface area contributed by atoms with Crippen molar-refractivity contribution in [1.82, 2.24) is 15.3 Å². The number of aromatic nitrogens is 2. The maximum Gasteiger partial charge on any atom is 0.225 e. The lowest BCUT2D eigenvalue weighted by Gasteiger charge is -2.36. The Balaban J connectivity index is 1.82. The summed E-state index contributed by atoms with van der Waals surface area (Å²) >= 11 is 0. The molecule has 0 spiro atoms. The van der Waals surface area contributed by atoms with Crippen molar-refractivity contribution in [3.05, 3.63) is 17.5 Å². The smallest absolute Gasteiger partial charge is 0.225 e. The number of fused-ring (bicyclic) bond motifs is 1. The highest BCUT2D eigenvalue weighted by atomic mass is 16.5. The average molecular weight is 304 g/mol. The number of anilines is 1. The van der Waals surface area contributed by atoms with Gasteiger partial charge in [-0.1, -0.05) is 0 Å². The molecule has 1 aromatic rings. The van der Waals surface area contributed by atoms with Gasteiger partial charge in [0.05, 0.1) is 23.9 Å². The third-order valence-corrected chi connectivity index (χ3v) is 4.25. The Bertz CT molecular complexity index is 553. The third kappa shape index (κ3) is 3.21. The zero-order valence-electron chi connectivity index (χ0n) is 13.5. The van der Waals surface area contributed by atoms with Crippen LogP contribution in [0.25, 0.3) is 0 Å². The first-order chi connectivity index (χ1) is 10.5. The van der Waals surface area contributed by atoms with E-state index >= 15 is 0 Å². The van der Waals surface area contributed by atoms with Crippen LogP contribution in [-0.2, 0) is 16.0 Å². The van der Waals surface area contributed by atoms with Gasteiger partial charge in [0.15, 0.2) is 0 Å². The van der Waals surface area contributed by atoms with Crippen molar-refractivity contribution in [1.29, 1.82) is 0 Å². The van der Waals surface area contributed by atoms with Crippen molar-refractivity contribution in [2.24, 2.45) is 0 Å². The second-order valence-electron chi connectivity index (χ2n) is 6.38. The molecule has 6 nitrogen and oxygen atoms in total. The fourth-order valence-corrected chi connectivity index (χ4v) is 3.43. The normalized spacial score (nSPS) is 28.1. The van der Waals surface area contributed by atoms with Crippen LogP contribution in [0.5, 0.6) is 0 Å². The van der Waals surface area contributed by atoms with Crippen molar-refractivity contribution in [3.8, 4) is 0 Å². The third-order valence-electron chi connectivity index (χ3n) is 4.25. The number of nitrogens with one attached hydrogen (secondary N) is 1. The largest absolute Gasteiger partial charge is 0.372 e. The molecule has 1 amide bonds. The Labute approximate surface area is 131 Å². The summed E-state index contributed by atoms with van der Waals surface area (Å²) in [6.45, 7) is 7.35. The van der Waals surface area contributed by atoms with Crippen molar-refractivity contribution in [2.45, 2.75) is 58.3 Å². The first-order valence-electron chi connectivity index (χ1n) is 8.06. The van der Waals surface area contributed by atoms with E-state index in [1.54, 1.807) is 6.92 Å². The lowest BCUT2D eigenvalue weighted by atomic mass is 9.92. The van der Waals surface area contributed by atoms with Gasteiger partial charge in [0.2, 0.25) is 11.9 Å². The van der Waals surface area contributed by atoms with Crippen LogP contribution in [-0.4, -0.2) is 41.2 Å². The SMILES string of the molecule is CC(=O)NC1CCCc2nc(N3CC(C)OC(C)C3)ncc21. The van der Waals surface area contributed by atoms with Crippen LogP contribution >= 0.6 is 0 Å². The molecule has 2 heterocycles. The van der Waals surface area contributed by atoms with Gasteiger partial charge in [-0.25, -0.2) is 9.97 Å². The summed E-state index contributed by atoms with van der Waals surface area (Å²) < 4.78 is 5.77. The molecule has 1 fully saturated rings. The second kappa shape index (κ2) is 6.20. The number of morpholine rings is 1. The van der Waals surface area contributed by atoms with Gasteiger partial charge in [0.1, 0.15) is 0 Å². The van der Waals surface area contributed by atoms with Crippen molar-refractivity contribution in [3.63, 3.8) is 0 Å². The van der Waals surface area contributed by atoms with E-state index in [-0.39, 0.29) is 24.2 Å². The fraction of sp³-hybridized carbons (Fsp3) is 0.688. The lowest BCUT2D eigenvalue weighted by Crippen LogP contribution is -2.46. The van der Waals surface area contributed by atoms with Gasteiger partial charge < -0.3 is 15.0 Å². The van der Waals surface area contributed by atoms with Crippen molar-refractivity contribution >= 4 is 11.9 Å². The number of aryl methyl sites for hydroxylation is 1. The summed E-state index contributed by atoms with van der Waals surface area (Å²) in [4.78, 5) is 22.9. The Morgan fingerprint density at radius 3 is 2.77 bits per heavy atom. The lowest BCUT2D eigenvalue weighted by molar-refractivity contribution is -0.119. The molecular formula is C16H24N4O2. The van der Waals surface area contributed by atoms with Gasteiger partial charge in [0, 0.05) is 31.8 Å². The zero-order valence-corrected chi connectivity index (χ0v) is 13.5. The van der Waals surface area contributed by atoms with Crippen LogP contribution in [0.2, 0.25) is 0 Å². The number of amides is 1. The Kier molecular flexibility index (Phi) is 4.29. The van der Waals surface area contributed by atoms with Crippen LogP contribution in [0, 0.1) is 0 Å². The summed E-state index contributed by atoms with van der Waals surface area (Å²) in [5, 5.41) is 3.00. The predicted octanol–water partition coefficient (Wildman–Crippen LogP) is 1.60. The standard InChI is InChI=1S/C16H24N4O2/c1-10-8-20(9-11(2)22-10)16-17-7-13-14(18-12(3)21)5-4-6-15(13)19-16/h7,10-11,14H,4-6,8-9H2,1-3H3,(H,18,21). The first kappa shape index (κ1) is 15.2. The van der Waals surface area contributed by atoms with Gasteiger partial charge in [-0.2, -0.15) is 0 Å². The van der Waals surface area contributed by atoms with E-state index < -0.39 is 0 Å². The Morgan fingerprint density at radius 1 is 1.36 bits per heavy atom. The van der Waals surface area contributed by atoms with E-state index in [4.69, 9.17) is 9.72 Å². The molecule has 1 aliphatic heterocycles. The molecule has 1 aliphatic carbocycles. The molecule has 0 aromatic carbocycles. The summed E-state index contributed by atoms with van der Waals surface area (Å²) in [7, 11) is 0. The molecule has 0 radical (unpaired) electrons. The zero-order chi connectivity index (χ0) is 15.7. The highest BCUT2D eigenvalue weighted by Crippen LogP contribution is 2.29. The molecule has 2 aliphatic rings. The summed E-state index contributed by atoms with van der Waals surface area (Å²) in [6.07, 6.45) is 5.23. The van der Waals surface area contributed by atoms with Gasteiger partial charge in [0.25, 0.3) is 0 Å². The summed E-state index contributed by atoms with van der Waals surface area (Å²) in [5.74, 6) is 0.780. The number of nitrogens with zero attached hydrogens (tertiary/aromatic N) is 3. The fourth-order valence-electron chi connectivity index (χ4n) is 3.43. The van der Waals surface area contributed by atoms with Crippen LogP contribution < -0.4 is 10.2 Å². The number of rotatable bonds is 2. The van der Waals surface area contributed by atoms with E-state index in [2.05, 4.69) is 29.0 Å². The summed E-state index contributed by atoms with van der Waals surface area (Å²) in [6, 6.07) is 0.0536. The van der Waals surface area contributed by atoms with Gasteiger partial charge in [-0.05, 0) is 33.1 Å². The molecule has 0 bridgehead atoms. The highest BCUT2D eigenvalue weighted by Gasteiger charge is 2.27. The summed E-state index contributed by atoms with van der Waals surface area (Å²) in [5.41, 5.74) is 2.14. The second-order valence-corrected chi connectivity index (χ2v) is 6.38. The average Bonchev–Trinajstić information content (AvgIpc) is 2.45. The number of hydrogen-bond acceptors (Lipinski definition) is 5. The minimum absolute atomic E-state index is 0.00208. The number of carbonyl (C=O) groups excluding carboxylic acids is 1. The molecule has 22 heavy (non-hydrogen) atoms. The quantitative estimate of drug-likeness (QED) is 0.899. The van der Waals surface area contributed by atoms with E-state index in [9.17, 15) is 4.79 Å². The molecule has 120 valence electrons. The topological polar surface area (TPSA) is 67.4 Å².